The van der Waals surface area contributed by atoms with Gasteiger partial charge in [0.1, 0.15) is 11.6 Å². The Hall–Kier alpha value is -1.96. The molecule has 14 N–H and O–H groups in total. The number of aromatic amines is 2. The SMILES string of the molecule is Cc1nc2ncccc2[nH]1.Cc1nc2ncccc2[nH]1.O.O.O.O.O.O.[Cu+2].[Cu+2]. The smallest absolute Gasteiger partial charge is 0.412 e. The summed E-state index contributed by atoms with van der Waals surface area (Å²) in [6.45, 7) is 3.84. The fourth-order valence-electron chi connectivity index (χ4n) is 1.93. The molecule has 28 heavy (non-hydrogen) atoms. The van der Waals surface area contributed by atoms with E-state index in [1.807, 2.05) is 38.1 Å². The minimum absolute atomic E-state index is 0. The van der Waals surface area contributed by atoms with Gasteiger partial charge < -0.3 is 42.8 Å². The number of rotatable bonds is 0. The van der Waals surface area contributed by atoms with Crippen LogP contribution in [0.2, 0.25) is 0 Å². The molecule has 0 saturated carbocycles. The molecule has 0 aliphatic rings. The maximum Gasteiger partial charge on any atom is 2.00 e. The zero-order valence-electron chi connectivity index (χ0n) is 14.9. The van der Waals surface area contributed by atoms with Crippen LogP contribution in [0.1, 0.15) is 11.6 Å². The van der Waals surface area contributed by atoms with Gasteiger partial charge in [0.2, 0.25) is 0 Å². The summed E-state index contributed by atoms with van der Waals surface area (Å²) in [7, 11) is 0. The molecule has 166 valence electrons. The number of pyridine rings is 2. The van der Waals surface area contributed by atoms with Crippen LogP contribution in [-0.2, 0) is 34.1 Å². The molecule has 12 nitrogen and oxygen atoms in total. The molecule has 0 saturated heterocycles. The van der Waals surface area contributed by atoms with Gasteiger partial charge in [-0.15, -0.1) is 0 Å². The Morgan fingerprint density at radius 3 is 1.21 bits per heavy atom. The summed E-state index contributed by atoms with van der Waals surface area (Å²) >= 11 is 0. The Morgan fingerprint density at radius 2 is 0.929 bits per heavy atom. The molecule has 0 aromatic carbocycles. The van der Waals surface area contributed by atoms with Gasteiger partial charge in [-0.2, -0.15) is 0 Å². The Morgan fingerprint density at radius 1 is 0.607 bits per heavy atom. The van der Waals surface area contributed by atoms with Gasteiger partial charge in [0.15, 0.2) is 11.3 Å². The molecule has 4 rings (SSSR count). The molecule has 0 bridgehead atoms. The molecule has 0 atom stereocenters. The molecule has 0 spiro atoms. The van der Waals surface area contributed by atoms with E-state index in [4.69, 9.17) is 0 Å². The number of fused-ring (bicyclic) bond motifs is 2. The maximum atomic E-state index is 4.15. The van der Waals surface area contributed by atoms with Gasteiger partial charge in [0.25, 0.3) is 0 Å². The van der Waals surface area contributed by atoms with Crippen LogP contribution in [-0.4, -0.2) is 62.8 Å². The number of nitrogens with zero attached hydrogens (tertiary/aromatic N) is 4. The molecule has 0 aliphatic carbocycles. The van der Waals surface area contributed by atoms with Crippen LogP contribution in [0.25, 0.3) is 22.3 Å². The molecule has 14 heteroatoms. The van der Waals surface area contributed by atoms with Gasteiger partial charge in [0.05, 0.1) is 11.0 Å². The van der Waals surface area contributed by atoms with Crippen LogP contribution in [0.5, 0.6) is 0 Å². The number of hydrogen-bond donors (Lipinski definition) is 2. The van der Waals surface area contributed by atoms with Crippen molar-refractivity contribution in [2.45, 2.75) is 13.8 Å². The number of hydrogen-bond acceptors (Lipinski definition) is 4. The number of aryl methyl sites for hydroxylation is 2. The number of nitrogens with one attached hydrogen (secondary N) is 2. The largest absolute Gasteiger partial charge is 2.00 e. The molecule has 4 aromatic heterocycles. The summed E-state index contributed by atoms with van der Waals surface area (Å²) in [5.41, 5.74) is 3.58. The molecule has 0 amide bonds. The third-order valence-electron chi connectivity index (χ3n) is 2.75. The van der Waals surface area contributed by atoms with Crippen LogP contribution >= 0.6 is 0 Å². The van der Waals surface area contributed by atoms with E-state index in [-0.39, 0.29) is 67.0 Å². The third-order valence-corrected chi connectivity index (χ3v) is 2.75. The van der Waals surface area contributed by atoms with Crippen molar-refractivity contribution < 1.29 is 67.0 Å². The average molecular weight is 501 g/mol. The predicted molar refractivity (Wildman–Crippen MR) is 98.9 cm³/mol. The minimum atomic E-state index is 0. The monoisotopic (exact) mass is 500 g/mol. The average Bonchev–Trinajstić information content (AvgIpc) is 2.99. The van der Waals surface area contributed by atoms with Crippen LogP contribution < -0.4 is 0 Å². The van der Waals surface area contributed by atoms with E-state index in [0.29, 0.717) is 0 Å². The normalized spacial score (nSPS) is 7.50. The fourth-order valence-corrected chi connectivity index (χ4v) is 1.93. The summed E-state index contributed by atoms with van der Waals surface area (Å²) in [4.78, 5) is 22.6. The Balaban J connectivity index is -0.0000000672. The van der Waals surface area contributed by atoms with Crippen molar-refractivity contribution in [3.05, 3.63) is 48.3 Å². The minimum Gasteiger partial charge on any atom is -0.412 e. The quantitative estimate of drug-likeness (QED) is 0.249. The van der Waals surface area contributed by atoms with Crippen LogP contribution in [0.3, 0.4) is 0 Å². The van der Waals surface area contributed by atoms with Gasteiger partial charge in [-0.3, -0.25) is 0 Å². The van der Waals surface area contributed by atoms with E-state index >= 15 is 0 Å². The molecule has 0 fully saturated rings. The second-order valence-electron chi connectivity index (χ2n) is 4.39. The van der Waals surface area contributed by atoms with E-state index in [9.17, 15) is 0 Å². The topological polar surface area (TPSA) is 272 Å². The first kappa shape index (κ1) is 40.7. The van der Waals surface area contributed by atoms with E-state index < -0.39 is 0 Å². The van der Waals surface area contributed by atoms with E-state index in [1.165, 1.54) is 0 Å². The van der Waals surface area contributed by atoms with Crippen molar-refractivity contribution in [3.63, 3.8) is 0 Å². The molecule has 4 aromatic rings. The summed E-state index contributed by atoms with van der Waals surface area (Å²) in [5.74, 6) is 1.82. The number of imidazole rings is 2. The zero-order valence-corrected chi connectivity index (χ0v) is 16.7. The molecule has 0 aliphatic heterocycles. The van der Waals surface area contributed by atoms with Gasteiger partial charge >= 0.3 is 34.1 Å². The van der Waals surface area contributed by atoms with Crippen molar-refractivity contribution in [1.82, 2.24) is 29.9 Å². The standard InChI is InChI=1S/2C7H7N3.2Cu.6H2O/c2*1-5-9-6-3-2-4-8-7(6)10-5;;;;;;;;/h2*2-4H,1H3,(H,8,9,10);;;6*1H2/q;;2*+2;;;;;;. The second-order valence-corrected chi connectivity index (χ2v) is 4.39. The third kappa shape index (κ3) is 9.82. The van der Waals surface area contributed by atoms with Crippen molar-refractivity contribution in [2.24, 2.45) is 0 Å². The Kier molecular flexibility index (Phi) is 26.7. The fraction of sp³-hybridized carbons (Fsp3) is 0.143. The molecule has 0 unspecified atom stereocenters. The van der Waals surface area contributed by atoms with Crippen LogP contribution in [0.15, 0.2) is 36.7 Å². The molecule has 4 heterocycles. The summed E-state index contributed by atoms with van der Waals surface area (Å²) < 4.78 is 0. The summed E-state index contributed by atoms with van der Waals surface area (Å²) in [6, 6.07) is 7.70. The number of H-pyrrole nitrogens is 2. The zero-order chi connectivity index (χ0) is 13.9. The second kappa shape index (κ2) is 18.4. The Labute approximate surface area is 181 Å². The maximum absolute atomic E-state index is 4.15. The van der Waals surface area contributed by atoms with Crippen molar-refractivity contribution in [3.8, 4) is 0 Å². The van der Waals surface area contributed by atoms with Gasteiger partial charge in [-0.25, -0.2) is 19.9 Å². The van der Waals surface area contributed by atoms with Gasteiger partial charge in [-0.1, -0.05) is 0 Å². The summed E-state index contributed by atoms with van der Waals surface area (Å²) in [5, 5.41) is 0. The van der Waals surface area contributed by atoms with Gasteiger partial charge in [-0.05, 0) is 38.1 Å². The van der Waals surface area contributed by atoms with E-state index in [1.54, 1.807) is 12.4 Å². The van der Waals surface area contributed by atoms with Crippen LogP contribution in [0, 0.1) is 13.8 Å². The first-order valence-electron chi connectivity index (χ1n) is 6.27. The molecular formula is C14H26Cu2N6O6+4. The predicted octanol–water partition coefficient (Wildman–Crippen LogP) is -2.42. The first-order valence-corrected chi connectivity index (χ1v) is 6.27. The van der Waals surface area contributed by atoms with Gasteiger partial charge in [0, 0.05) is 12.4 Å². The first-order chi connectivity index (χ1) is 9.72. The van der Waals surface area contributed by atoms with Crippen molar-refractivity contribution >= 4 is 22.3 Å². The molecule has 2 radical (unpaired) electrons. The van der Waals surface area contributed by atoms with E-state index in [2.05, 4.69) is 29.9 Å². The Bertz CT molecular complexity index is 737. The van der Waals surface area contributed by atoms with Crippen molar-refractivity contribution in [2.75, 3.05) is 0 Å². The summed E-state index contributed by atoms with van der Waals surface area (Å²) in [6.07, 6.45) is 3.48. The number of aromatic nitrogens is 6. The van der Waals surface area contributed by atoms with Crippen molar-refractivity contribution in [1.29, 1.82) is 0 Å². The van der Waals surface area contributed by atoms with Crippen LogP contribution in [0.4, 0.5) is 0 Å². The molecular weight excluding hydrogens is 475 g/mol. The van der Waals surface area contributed by atoms with E-state index in [0.717, 1.165) is 34.0 Å².